The molecule has 150 valence electrons. The Labute approximate surface area is 175 Å². The molecule has 0 radical (unpaired) electrons. The largest absolute Gasteiger partial charge is 0.306 e. The summed E-state index contributed by atoms with van der Waals surface area (Å²) in [5, 5.41) is 3.80. The van der Waals surface area contributed by atoms with Gasteiger partial charge in [-0.15, -0.1) is 0 Å². The van der Waals surface area contributed by atoms with Crippen LogP contribution >= 0.6 is 0 Å². The van der Waals surface area contributed by atoms with E-state index in [0.29, 0.717) is 0 Å². The highest BCUT2D eigenvalue weighted by molar-refractivity contribution is 5.31. The predicted octanol–water partition coefficient (Wildman–Crippen LogP) is 5.81. The van der Waals surface area contributed by atoms with Crippen molar-refractivity contribution in [1.29, 1.82) is 0 Å². The van der Waals surface area contributed by atoms with Crippen molar-refractivity contribution >= 4 is 0 Å². The molecule has 1 saturated carbocycles. The first-order valence-electron chi connectivity index (χ1n) is 11.0. The van der Waals surface area contributed by atoms with E-state index in [-0.39, 0.29) is 6.04 Å². The molecule has 0 aliphatic heterocycles. The lowest BCUT2D eigenvalue weighted by molar-refractivity contribution is 0.248. The molecule has 2 nitrogen and oxygen atoms in total. The minimum Gasteiger partial charge on any atom is -0.306 e. The van der Waals surface area contributed by atoms with E-state index in [9.17, 15) is 0 Å². The van der Waals surface area contributed by atoms with Gasteiger partial charge in [0.1, 0.15) is 0 Å². The number of hydrogen-bond donors (Lipinski definition) is 1. The van der Waals surface area contributed by atoms with Gasteiger partial charge in [0.05, 0.1) is 6.04 Å². The third-order valence-corrected chi connectivity index (χ3v) is 5.78. The lowest BCUT2D eigenvalue weighted by Gasteiger charge is -2.23. The fraction of sp³-hybridized carbons (Fsp3) is 0.333. The topological polar surface area (TPSA) is 15.3 Å². The van der Waals surface area contributed by atoms with E-state index in [4.69, 9.17) is 0 Å². The van der Waals surface area contributed by atoms with Gasteiger partial charge in [-0.05, 0) is 55.5 Å². The zero-order chi connectivity index (χ0) is 19.7. The van der Waals surface area contributed by atoms with Gasteiger partial charge in [-0.25, -0.2) is 0 Å². The first-order chi connectivity index (χ1) is 14.4. The van der Waals surface area contributed by atoms with E-state index in [2.05, 4.69) is 101 Å². The Morgan fingerprint density at radius 1 is 0.724 bits per heavy atom. The van der Waals surface area contributed by atoms with Crippen molar-refractivity contribution < 1.29 is 0 Å². The highest BCUT2D eigenvalue weighted by Crippen LogP contribution is 2.28. The van der Waals surface area contributed by atoms with Crippen LogP contribution < -0.4 is 5.32 Å². The lowest BCUT2D eigenvalue weighted by atomic mass is 9.98. The monoisotopic (exact) mass is 384 g/mol. The van der Waals surface area contributed by atoms with E-state index < -0.39 is 0 Å². The van der Waals surface area contributed by atoms with Crippen molar-refractivity contribution in [3.05, 3.63) is 108 Å². The molecule has 0 bridgehead atoms. The number of nitrogens with zero attached hydrogens (tertiary/aromatic N) is 1. The van der Waals surface area contributed by atoms with Crippen molar-refractivity contribution in [1.82, 2.24) is 10.2 Å². The number of benzene rings is 3. The SMILES string of the molecule is c1ccc(CN(CCCCNC(c2ccccc2)c2ccccc2)C2CC2)cc1. The van der Waals surface area contributed by atoms with Gasteiger partial charge in [-0.1, -0.05) is 91.0 Å². The molecule has 0 aromatic heterocycles. The van der Waals surface area contributed by atoms with Crippen LogP contribution in [-0.2, 0) is 6.54 Å². The van der Waals surface area contributed by atoms with Gasteiger partial charge in [0, 0.05) is 12.6 Å². The van der Waals surface area contributed by atoms with Gasteiger partial charge in [-0.3, -0.25) is 4.90 Å². The fourth-order valence-electron chi connectivity index (χ4n) is 4.05. The molecule has 1 aliphatic rings. The maximum Gasteiger partial charge on any atom is 0.0576 e. The summed E-state index contributed by atoms with van der Waals surface area (Å²) in [5.74, 6) is 0. The van der Waals surface area contributed by atoms with Crippen molar-refractivity contribution in [2.45, 2.75) is 44.3 Å². The van der Waals surface area contributed by atoms with E-state index in [1.54, 1.807) is 0 Å². The molecule has 3 aromatic carbocycles. The van der Waals surface area contributed by atoms with Crippen LogP contribution in [0, 0.1) is 0 Å². The predicted molar refractivity (Wildman–Crippen MR) is 122 cm³/mol. The van der Waals surface area contributed by atoms with Crippen LogP contribution in [0.1, 0.15) is 48.4 Å². The smallest absolute Gasteiger partial charge is 0.0576 e. The lowest BCUT2D eigenvalue weighted by Crippen LogP contribution is -2.28. The van der Waals surface area contributed by atoms with Gasteiger partial charge in [0.15, 0.2) is 0 Å². The number of unbranched alkanes of at least 4 members (excludes halogenated alkanes) is 1. The van der Waals surface area contributed by atoms with Gasteiger partial charge in [0.2, 0.25) is 0 Å². The minimum absolute atomic E-state index is 0.265. The highest BCUT2D eigenvalue weighted by Gasteiger charge is 2.28. The van der Waals surface area contributed by atoms with Crippen LogP contribution in [0.15, 0.2) is 91.0 Å². The summed E-state index contributed by atoms with van der Waals surface area (Å²) in [6, 6.07) is 33.6. The third-order valence-electron chi connectivity index (χ3n) is 5.78. The Kier molecular flexibility index (Phi) is 7.12. The minimum atomic E-state index is 0.265. The maximum absolute atomic E-state index is 3.80. The summed E-state index contributed by atoms with van der Waals surface area (Å²) in [6.45, 7) is 3.33. The quantitative estimate of drug-likeness (QED) is 0.420. The molecular weight excluding hydrogens is 352 g/mol. The normalized spacial score (nSPS) is 13.9. The van der Waals surface area contributed by atoms with Gasteiger partial charge >= 0.3 is 0 Å². The van der Waals surface area contributed by atoms with Gasteiger partial charge in [-0.2, -0.15) is 0 Å². The molecule has 4 rings (SSSR count). The third kappa shape index (κ3) is 6.03. The van der Waals surface area contributed by atoms with Crippen LogP contribution in [-0.4, -0.2) is 24.0 Å². The molecule has 1 fully saturated rings. The van der Waals surface area contributed by atoms with Crippen LogP contribution in [0.2, 0.25) is 0 Å². The summed E-state index contributed by atoms with van der Waals surface area (Å²) < 4.78 is 0. The maximum atomic E-state index is 3.80. The van der Waals surface area contributed by atoms with Crippen molar-refractivity contribution in [3.63, 3.8) is 0 Å². The second kappa shape index (κ2) is 10.4. The van der Waals surface area contributed by atoms with E-state index >= 15 is 0 Å². The zero-order valence-electron chi connectivity index (χ0n) is 17.2. The molecule has 1 aliphatic carbocycles. The Balaban J connectivity index is 1.28. The summed E-state index contributed by atoms with van der Waals surface area (Å²) >= 11 is 0. The number of hydrogen-bond acceptors (Lipinski definition) is 2. The summed E-state index contributed by atoms with van der Waals surface area (Å²) in [7, 11) is 0. The van der Waals surface area contributed by atoms with Crippen molar-refractivity contribution in [2.75, 3.05) is 13.1 Å². The molecule has 0 spiro atoms. The molecule has 3 aromatic rings. The second-order valence-electron chi connectivity index (χ2n) is 8.10. The molecule has 2 heteroatoms. The molecule has 0 heterocycles. The molecule has 0 saturated heterocycles. The van der Waals surface area contributed by atoms with Crippen LogP contribution in [0.3, 0.4) is 0 Å². The molecule has 1 N–H and O–H groups in total. The van der Waals surface area contributed by atoms with Gasteiger partial charge in [0.25, 0.3) is 0 Å². The molecule has 0 amide bonds. The van der Waals surface area contributed by atoms with Gasteiger partial charge < -0.3 is 5.32 Å². The fourth-order valence-corrected chi connectivity index (χ4v) is 4.05. The summed E-state index contributed by atoms with van der Waals surface area (Å²) in [4.78, 5) is 2.68. The van der Waals surface area contributed by atoms with Crippen LogP contribution in [0.4, 0.5) is 0 Å². The highest BCUT2D eigenvalue weighted by atomic mass is 15.2. The average Bonchev–Trinajstić information content (AvgIpc) is 3.63. The van der Waals surface area contributed by atoms with E-state index in [1.807, 2.05) is 0 Å². The summed E-state index contributed by atoms with van der Waals surface area (Å²) in [6.07, 6.45) is 5.19. The molecular formula is C27H32N2. The zero-order valence-corrected chi connectivity index (χ0v) is 17.2. The average molecular weight is 385 g/mol. The standard InChI is InChI=1S/C27H32N2/c1-4-12-23(13-5-1)22-29(26-18-19-26)21-11-10-20-28-27(24-14-6-2-7-15-24)25-16-8-3-9-17-25/h1-9,12-17,26-28H,10-11,18-22H2. The molecule has 0 unspecified atom stereocenters. The van der Waals surface area contributed by atoms with Crippen LogP contribution in [0.25, 0.3) is 0 Å². The Morgan fingerprint density at radius 2 is 1.28 bits per heavy atom. The van der Waals surface area contributed by atoms with E-state index in [0.717, 1.165) is 19.1 Å². The number of rotatable bonds is 11. The van der Waals surface area contributed by atoms with E-state index in [1.165, 1.54) is 48.9 Å². The Morgan fingerprint density at radius 3 is 1.83 bits per heavy atom. The molecule has 29 heavy (non-hydrogen) atoms. The Bertz CT molecular complexity index is 789. The first kappa shape index (κ1) is 19.9. The van der Waals surface area contributed by atoms with Crippen LogP contribution in [0.5, 0.6) is 0 Å². The molecule has 0 atom stereocenters. The van der Waals surface area contributed by atoms with Crippen molar-refractivity contribution in [3.8, 4) is 0 Å². The number of nitrogens with one attached hydrogen (secondary N) is 1. The summed E-state index contributed by atoms with van der Waals surface area (Å²) in [5.41, 5.74) is 4.11. The Hall–Kier alpha value is -2.42. The van der Waals surface area contributed by atoms with Crippen molar-refractivity contribution in [2.24, 2.45) is 0 Å². The second-order valence-corrected chi connectivity index (χ2v) is 8.10. The first-order valence-corrected chi connectivity index (χ1v) is 11.0.